The number of benzene rings is 1. The van der Waals surface area contributed by atoms with E-state index in [0.717, 1.165) is 57.9 Å². The molecule has 3 heterocycles. The van der Waals surface area contributed by atoms with Crippen molar-refractivity contribution in [2.45, 2.75) is 12.8 Å². The molecule has 5 nitrogen and oxygen atoms in total. The molecule has 2 saturated heterocycles. The van der Waals surface area contributed by atoms with Gasteiger partial charge in [-0.1, -0.05) is 18.2 Å². The van der Waals surface area contributed by atoms with Gasteiger partial charge < -0.3 is 19.1 Å². The summed E-state index contributed by atoms with van der Waals surface area (Å²) < 4.78 is 7.90. The molecule has 0 unspecified atom stereocenters. The minimum absolute atomic E-state index is 0.00537. The quantitative estimate of drug-likeness (QED) is 0.833. The fraction of sp³-hybridized carbons (Fsp3) is 0.476. The highest BCUT2D eigenvalue weighted by Gasteiger charge is 2.40. The van der Waals surface area contributed by atoms with Crippen molar-refractivity contribution in [3.63, 3.8) is 0 Å². The number of ether oxygens (including phenoxy) is 1. The van der Waals surface area contributed by atoms with Crippen LogP contribution in [0.5, 0.6) is 0 Å². The number of aryl methyl sites for hydroxylation is 1. The maximum atomic E-state index is 13.0. The van der Waals surface area contributed by atoms with Gasteiger partial charge in [-0.2, -0.15) is 0 Å². The van der Waals surface area contributed by atoms with Crippen molar-refractivity contribution in [1.82, 2.24) is 9.47 Å². The Morgan fingerprint density at radius 3 is 2.69 bits per heavy atom. The molecule has 5 heteroatoms. The number of rotatable bonds is 2. The Labute approximate surface area is 155 Å². The lowest BCUT2D eigenvalue weighted by Crippen LogP contribution is -2.52. The Bertz CT molecular complexity index is 758. The van der Waals surface area contributed by atoms with Crippen LogP contribution in [0.2, 0.25) is 0 Å². The van der Waals surface area contributed by atoms with E-state index in [1.54, 1.807) is 0 Å². The lowest BCUT2D eigenvalue weighted by atomic mass is 9.80. The molecule has 4 rings (SSSR count). The number of likely N-dealkylation sites (tertiary alicyclic amines) is 1. The fourth-order valence-electron chi connectivity index (χ4n) is 4.33. The molecule has 0 saturated carbocycles. The third-order valence-electron chi connectivity index (χ3n) is 5.67. The van der Waals surface area contributed by atoms with E-state index in [2.05, 4.69) is 35.2 Å². The van der Waals surface area contributed by atoms with Gasteiger partial charge >= 0.3 is 0 Å². The van der Waals surface area contributed by atoms with Gasteiger partial charge in [-0.15, -0.1) is 0 Å². The van der Waals surface area contributed by atoms with E-state index in [1.165, 1.54) is 5.69 Å². The molecule has 1 aromatic heterocycles. The molecule has 138 valence electrons. The van der Waals surface area contributed by atoms with Gasteiger partial charge in [-0.05, 0) is 37.1 Å². The topological polar surface area (TPSA) is 37.7 Å². The lowest BCUT2D eigenvalue weighted by Gasteiger charge is -2.44. The Morgan fingerprint density at radius 1 is 1.08 bits per heavy atom. The maximum absolute atomic E-state index is 13.0. The number of amides is 1. The van der Waals surface area contributed by atoms with Crippen molar-refractivity contribution in [2.24, 2.45) is 12.5 Å². The average Bonchev–Trinajstić information content (AvgIpc) is 3.00. The second kappa shape index (κ2) is 7.16. The summed E-state index contributed by atoms with van der Waals surface area (Å²) in [5.74, 6) is 0.132. The van der Waals surface area contributed by atoms with Gasteiger partial charge in [0.1, 0.15) is 5.69 Å². The summed E-state index contributed by atoms with van der Waals surface area (Å²) in [4.78, 5) is 17.4. The number of carbonyl (C=O) groups excluding carboxylic acids is 1. The van der Waals surface area contributed by atoms with Crippen molar-refractivity contribution < 1.29 is 9.53 Å². The minimum atomic E-state index is 0.00537. The van der Waals surface area contributed by atoms with E-state index in [-0.39, 0.29) is 11.3 Å². The normalized spacial score (nSPS) is 23.9. The van der Waals surface area contributed by atoms with E-state index in [4.69, 9.17) is 4.74 Å². The highest BCUT2D eigenvalue weighted by Crippen LogP contribution is 2.35. The van der Waals surface area contributed by atoms with Crippen LogP contribution in [-0.4, -0.2) is 54.8 Å². The second-order valence-electron chi connectivity index (χ2n) is 7.64. The molecule has 0 N–H and O–H groups in total. The van der Waals surface area contributed by atoms with Crippen molar-refractivity contribution in [3.8, 4) is 0 Å². The van der Waals surface area contributed by atoms with E-state index in [1.807, 2.05) is 34.8 Å². The standard InChI is InChI=1S/C21H27N3O2/c1-22-11-5-9-19(22)20(25)24-12-6-10-21(16-24)15-23(13-14-26-17-21)18-7-3-2-4-8-18/h2-5,7-9,11H,6,10,12-17H2,1H3/t21-/m1/s1. The molecule has 26 heavy (non-hydrogen) atoms. The molecule has 2 aromatic rings. The summed E-state index contributed by atoms with van der Waals surface area (Å²) in [7, 11) is 1.93. The number of para-hydroxylation sites is 1. The van der Waals surface area contributed by atoms with Crippen molar-refractivity contribution in [1.29, 1.82) is 0 Å². The van der Waals surface area contributed by atoms with Crippen LogP contribution in [0.25, 0.3) is 0 Å². The number of carbonyl (C=O) groups is 1. The number of aromatic nitrogens is 1. The molecule has 2 fully saturated rings. The van der Waals surface area contributed by atoms with E-state index in [9.17, 15) is 4.79 Å². The monoisotopic (exact) mass is 353 g/mol. The molecule has 1 spiro atoms. The fourth-order valence-corrected chi connectivity index (χ4v) is 4.33. The summed E-state index contributed by atoms with van der Waals surface area (Å²) in [6.45, 7) is 4.90. The Kier molecular flexibility index (Phi) is 4.72. The zero-order valence-corrected chi connectivity index (χ0v) is 15.4. The molecule has 0 bridgehead atoms. The number of piperidine rings is 1. The zero-order valence-electron chi connectivity index (χ0n) is 15.4. The SMILES string of the molecule is Cn1cccc1C(=O)N1CCC[C@]2(COCCN(c3ccccc3)C2)C1. The Morgan fingerprint density at radius 2 is 1.92 bits per heavy atom. The van der Waals surface area contributed by atoms with Crippen LogP contribution < -0.4 is 4.90 Å². The maximum Gasteiger partial charge on any atom is 0.270 e. The van der Waals surface area contributed by atoms with Crippen LogP contribution in [-0.2, 0) is 11.8 Å². The van der Waals surface area contributed by atoms with Gasteiger partial charge in [0.05, 0.1) is 13.2 Å². The molecule has 0 aliphatic carbocycles. The van der Waals surface area contributed by atoms with Crippen molar-refractivity contribution in [3.05, 3.63) is 54.4 Å². The zero-order chi connectivity index (χ0) is 18.0. The highest BCUT2D eigenvalue weighted by atomic mass is 16.5. The van der Waals surface area contributed by atoms with Crippen LogP contribution in [0.3, 0.4) is 0 Å². The molecule has 0 radical (unpaired) electrons. The molecular formula is C21H27N3O2. The smallest absolute Gasteiger partial charge is 0.270 e. The van der Waals surface area contributed by atoms with Gasteiger partial charge in [-0.25, -0.2) is 0 Å². The van der Waals surface area contributed by atoms with Gasteiger partial charge in [0.15, 0.2) is 0 Å². The van der Waals surface area contributed by atoms with Gasteiger partial charge in [0.2, 0.25) is 0 Å². The van der Waals surface area contributed by atoms with Gasteiger partial charge in [0, 0.05) is 50.5 Å². The summed E-state index contributed by atoms with van der Waals surface area (Å²) >= 11 is 0. The number of nitrogens with zero attached hydrogens (tertiary/aromatic N) is 3. The van der Waals surface area contributed by atoms with Crippen molar-refractivity contribution >= 4 is 11.6 Å². The predicted molar refractivity (Wildman–Crippen MR) is 102 cm³/mol. The molecular weight excluding hydrogens is 326 g/mol. The lowest BCUT2D eigenvalue weighted by molar-refractivity contribution is 0.0131. The summed E-state index contributed by atoms with van der Waals surface area (Å²) in [6.07, 6.45) is 4.06. The number of anilines is 1. The van der Waals surface area contributed by atoms with E-state index < -0.39 is 0 Å². The first-order valence-electron chi connectivity index (χ1n) is 9.45. The summed E-state index contributed by atoms with van der Waals surface area (Å²) in [6, 6.07) is 14.4. The number of hydrogen-bond donors (Lipinski definition) is 0. The second-order valence-corrected chi connectivity index (χ2v) is 7.64. The van der Waals surface area contributed by atoms with Crippen LogP contribution in [0.1, 0.15) is 23.3 Å². The molecule has 2 aliphatic rings. The first kappa shape index (κ1) is 17.2. The highest BCUT2D eigenvalue weighted by molar-refractivity contribution is 5.92. The van der Waals surface area contributed by atoms with Crippen LogP contribution in [0.4, 0.5) is 5.69 Å². The first-order chi connectivity index (χ1) is 12.7. The van der Waals surface area contributed by atoms with Crippen LogP contribution >= 0.6 is 0 Å². The van der Waals surface area contributed by atoms with E-state index >= 15 is 0 Å². The Balaban J connectivity index is 1.54. The molecule has 1 aromatic carbocycles. The largest absolute Gasteiger partial charge is 0.379 e. The molecule has 1 atom stereocenters. The van der Waals surface area contributed by atoms with Gasteiger partial charge in [-0.3, -0.25) is 4.79 Å². The Hall–Kier alpha value is -2.27. The predicted octanol–water partition coefficient (Wildman–Crippen LogP) is 2.78. The molecule has 1 amide bonds. The van der Waals surface area contributed by atoms with Crippen molar-refractivity contribution in [2.75, 3.05) is 44.3 Å². The third kappa shape index (κ3) is 3.36. The van der Waals surface area contributed by atoms with Crippen LogP contribution in [0.15, 0.2) is 48.7 Å². The van der Waals surface area contributed by atoms with E-state index in [0.29, 0.717) is 0 Å². The summed E-state index contributed by atoms with van der Waals surface area (Å²) in [5.41, 5.74) is 2.01. The van der Waals surface area contributed by atoms with Gasteiger partial charge in [0.25, 0.3) is 5.91 Å². The minimum Gasteiger partial charge on any atom is -0.379 e. The van der Waals surface area contributed by atoms with Crippen LogP contribution in [0, 0.1) is 5.41 Å². The first-order valence-corrected chi connectivity index (χ1v) is 9.45. The molecule has 2 aliphatic heterocycles. The average molecular weight is 353 g/mol. The number of hydrogen-bond acceptors (Lipinski definition) is 3. The summed E-state index contributed by atoms with van der Waals surface area (Å²) in [5, 5.41) is 0. The third-order valence-corrected chi connectivity index (χ3v) is 5.67.